The monoisotopic (exact) mass is 380 g/mol. The second-order valence-electron chi connectivity index (χ2n) is 11.1. The first-order chi connectivity index (χ1) is 12.7. The van der Waals surface area contributed by atoms with Gasteiger partial charge in [-0.3, -0.25) is 0 Å². The van der Waals surface area contributed by atoms with E-state index in [-0.39, 0.29) is 0 Å². The van der Waals surface area contributed by atoms with Crippen LogP contribution < -0.4 is 0 Å². The highest BCUT2D eigenvalue weighted by Crippen LogP contribution is 2.57. The van der Waals surface area contributed by atoms with Crippen molar-refractivity contribution in [2.75, 3.05) is 7.11 Å². The number of hydrogen-bond acceptors (Lipinski definition) is 1. The van der Waals surface area contributed by atoms with Crippen LogP contribution in [0.3, 0.4) is 0 Å². The molecular formula is C26H52O. The topological polar surface area (TPSA) is 20.2 Å². The van der Waals surface area contributed by atoms with Gasteiger partial charge in [-0.25, -0.2) is 0 Å². The number of rotatable bonds is 5. The molecule has 1 nitrogen and oxygen atoms in total. The second kappa shape index (κ2) is 11.2. The second-order valence-corrected chi connectivity index (χ2v) is 11.1. The van der Waals surface area contributed by atoms with Crippen LogP contribution in [-0.4, -0.2) is 12.2 Å². The zero-order valence-electron chi connectivity index (χ0n) is 20.1. The van der Waals surface area contributed by atoms with Gasteiger partial charge in [-0.05, 0) is 78.9 Å². The van der Waals surface area contributed by atoms with Gasteiger partial charge in [-0.15, -0.1) is 0 Å². The molecule has 1 N–H and O–H groups in total. The average molecular weight is 381 g/mol. The number of hydrogen-bond donors (Lipinski definition) is 1. The van der Waals surface area contributed by atoms with Crippen LogP contribution in [0.1, 0.15) is 119 Å². The van der Waals surface area contributed by atoms with Gasteiger partial charge in [0, 0.05) is 7.11 Å². The van der Waals surface area contributed by atoms with Gasteiger partial charge in [-0.1, -0.05) is 80.6 Å². The molecule has 1 heteroatoms. The van der Waals surface area contributed by atoms with Crippen LogP contribution in [0.15, 0.2) is 0 Å². The van der Waals surface area contributed by atoms with Crippen LogP contribution in [0.25, 0.3) is 0 Å². The summed E-state index contributed by atoms with van der Waals surface area (Å²) in [6, 6.07) is 0. The van der Waals surface area contributed by atoms with Gasteiger partial charge in [0.25, 0.3) is 0 Å². The van der Waals surface area contributed by atoms with Crippen molar-refractivity contribution in [3.8, 4) is 0 Å². The van der Waals surface area contributed by atoms with Crippen molar-refractivity contribution in [1.29, 1.82) is 0 Å². The predicted octanol–water partition coefficient (Wildman–Crippen LogP) is 8.11. The molecule has 0 radical (unpaired) electrons. The maximum atomic E-state index is 7.00. The van der Waals surface area contributed by atoms with Gasteiger partial charge in [0.1, 0.15) is 0 Å². The fourth-order valence-electron chi connectivity index (χ4n) is 6.33. The van der Waals surface area contributed by atoms with E-state index < -0.39 is 0 Å². The quantitative estimate of drug-likeness (QED) is 0.510. The Bertz CT molecular complexity index is 401. The van der Waals surface area contributed by atoms with Gasteiger partial charge < -0.3 is 5.11 Å². The molecule has 0 spiro atoms. The molecule has 27 heavy (non-hydrogen) atoms. The molecule has 2 aliphatic carbocycles. The molecule has 0 bridgehead atoms. The third-order valence-electron chi connectivity index (χ3n) is 9.16. The Labute approximate surface area is 172 Å². The van der Waals surface area contributed by atoms with Gasteiger partial charge in [0.2, 0.25) is 0 Å². The van der Waals surface area contributed by atoms with E-state index in [0.29, 0.717) is 10.8 Å². The van der Waals surface area contributed by atoms with Crippen molar-refractivity contribution in [3.63, 3.8) is 0 Å². The molecule has 162 valence electrons. The minimum Gasteiger partial charge on any atom is -0.400 e. The Balaban J connectivity index is 0.00000176. The van der Waals surface area contributed by atoms with Crippen LogP contribution in [0.2, 0.25) is 0 Å². The smallest absolute Gasteiger partial charge is 0.0319 e. The summed E-state index contributed by atoms with van der Waals surface area (Å²) in [5, 5.41) is 7.00. The summed E-state index contributed by atoms with van der Waals surface area (Å²) in [7, 11) is 1.00. The summed E-state index contributed by atoms with van der Waals surface area (Å²) in [5.41, 5.74) is 1.17. The third kappa shape index (κ3) is 6.48. The normalized spacial score (nSPS) is 37.7. The Hall–Kier alpha value is -0.0400. The molecular weight excluding hydrogens is 328 g/mol. The van der Waals surface area contributed by atoms with E-state index in [1.807, 2.05) is 0 Å². The lowest BCUT2D eigenvalue weighted by Crippen LogP contribution is -2.35. The number of aliphatic hydroxyl groups is 1. The highest BCUT2D eigenvalue weighted by molar-refractivity contribution is 4.97. The highest BCUT2D eigenvalue weighted by Gasteiger charge is 2.48. The van der Waals surface area contributed by atoms with Crippen LogP contribution in [-0.2, 0) is 0 Å². The number of fused-ring (bicyclic) bond motifs is 1. The fraction of sp³-hybridized carbons (Fsp3) is 1.00. The molecule has 0 aliphatic heterocycles. The first kappa shape index (κ1) is 25.0. The van der Waals surface area contributed by atoms with E-state index in [1.54, 1.807) is 0 Å². The van der Waals surface area contributed by atoms with E-state index in [2.05, 4.69) is 48.5 Å². The average Bonchev–Trinajstić information content (AvgIpc) is 2.96. The van der Waals surface area contributed by atoms with Crippen LogP contribution in [0, 0.1) is 40.4 Å². The van der Waals surface area contributed by atoms with Crippen LogP contribution in [0.5, 0.6) is 0 Å². The molecule has 2 saturated carbocycles. The van der Waals surface area contributed by atoms with E-state index in [0.717, 1.165) is 36.7 Å². The highest BCUT2D eigenvalue weighted by atomic mass is 16.2. The van der Waals surface area contributed by atoms with Gasteiger partial charge in [0.05, 0.1) is 0 Å². The molecule has 0 heterocycles. The molecule has 0 amide bonds. The van der Waals surface area contributed by atoms with Gasteiger partial charge in [-0.2, -0.15) is 0 Å². The van der Waals surface area contributed by atoms with Crippen molar-refractivity contribution >= 4 is 0 Å². The lowest BCUT2D eigenvalue weighted by Gasteiger charge is -2.44. The van der Waals surface area contributed by atoms with Crippen molar-refractivity contribution in [3.05, 3.63) is 0 Å². The molecule has 0 aromatic carbocycles. The third-order valence-corrected chi connectivity index (χ3v) is 9.16. The number of aliphatic hydroxyl groups excluding tert-OH is 1. The van der Waals surface area contributed by atoms with Crippen molar-refractivity contribution in [2.24, 2.45) is 40.4 Å². The molecule has 0 aromatic rings. The van der Waals surface area contributed by atoms with Crippen molar-refractivity contribution < 1.29 is 5.11 Å². The summed E-state index contributed by atoms with van der Waals surface area (Å²) in [6.07, 6.45) is 16.1. The zero-order chi connectivity index (χ0) is 20.7. The van der Waals surface area contributed by atoms with Crippen LogP contribution >= 0.6 is 0 Å². The van der Waals surface area contributed by atoms with Crippen molar-refractivity contribution in [2.45, 2.75) is 119 Å². The first-order valence-corrected chi connectivity index (χ1v) is 12.2. The lowest BCUT2D eigenvalue weighted by atomic mass is 9.62. The molecule has 6 unspecified atom stereocenters. The minimum atomic E-state index is 0.535. The summed E-state index contributed by atoms with van der Waals surface area (Å²) in [4.78, 5) is 0. The maximum Gasteiger partial charge on any atom is 0.0319 e. The Morgan fingerprint density at radius 1 is 0.963 bits per heavy atom. The summed E-state index contributed by atoms with van der Waals surface area (Å²) in [6.45, 7) is 17.7. The minimum absolute atomic E-state index is 0.535. The standard InChI is InChI=1S/C25H48.CH4O/c1-8-19(2)11-9-12-22-15-16-23-20(3)13-14-21(4)24(5,6)17-10-18-25(22,23)7;1-2/h19-23H,8-18H2,1-7H3;2H,1H3. The van der Waals surface area contributed by atoms with Gasteiger partial charge in [0.15, 0.2) is 0 Å². The molecule has 2 fully saturated rings. The van der Waals surface area contributed by atoms with E-state index in [9.17, 15) is 0 Å². The zero-order valence-corrected chi connectivity index (χ0v) is 20.1. The predicted molar refractivity (Wildman–Crippen MR) is 121 cm³/mol. The summed E-state index contributed by atoms with van der Waals surface area (Å²) < 4.78 is 0. The maximum absolute atomic E-state index is 7.00. The molecule has 0 saturated heterocycles. The van der Waals surface area contributed by atoms with E-state index >= 15 is 0 Å². The molecule has 2 aliphatic rings. The largest absolute Gasteiger partial charge is 0.400 e. The Kier molecular flexibility index (Phi) is 10.4. The molecule has 6 atom stereocenters. The molecule has 2 rings (SSSR count). The fourth-order valence-corrected chi connectivity index (χ4v) is 6.33. The van der Waals surface area contributed by atoms with E-state index in [4.69, 9.17) is 5.11 Å². The summed E-state index contributed by atoms with van der Waals surface area (Å²) >= 11 is 0. The van der Waals surface area contributed by atoms with Crippen molar-refractivity contribution in [1.82, 2.24) is 0 Å². The first-order valence-electron chi connectivity index (χ1n) is 12.2. The Morgan fingerprint density at radius 3 is 2.26 bits per heavy atom. The Morgan fingerprint density at radius 2 is 1.63 bits per heavy atom. The van der Waals surface area contributed by atoms with E-state index in [1.165, 1.54) is 70.6 Å². The summed E-state index contributed by atoms with van der Waals surface area (Å²) in [5.74, 6) is 4.74. The lowest BCUT2D eigenvalue weighted by molar-refractivity contribution is 0.0618. The molecule has 0 aromatic heterocycles. The van der Waals surface area contributed by atoms with Gasteiger partial charge >= 0.3 is 0 Å². The SMILES string of the molecule is CCC(C)CCCC1CCC2C(C)CCC(C)C(C)(C)CCCC12C.CO. The van der Waals surface area contributed by atoms with Crippen LogP contribution in [0.4, 0.5) is 0 Å².